The number of anilines is 1. The van der Waals surface area contributed by atoms with E-state index in [1.165, 1.54) is 0 Å². The molecule has 0 saturated heterocycles. The Morgan fingerprint density at radius 3 is 2.52 bits per heavy atom. The summed E-state index contributed by atoms with van der Waals surface area (Å²) in [5, 5.41) is 20.5. The van der Waals surface area contributed by atoms with E-state index in [0.29, 0.717) is 24.1 Å². The molecule has 2 heterocycles. The van der Waals surface area contributed by atoms with Crippen molar-refractivity contribution in [2.45, 2.75) is 32.6 Å². The second-order valence-corrected chi connectivity index (χ2v) is 6.58. The fraction of sp³-hybridized carbons (Fsp3) is 0.250. The molecule has 7 heteroatoms. The van der Waals surface area contributed by atoms with Crippen molar-refractivity contribution < 1.29 is 24.6 Å². The normalized spacial score (nSPS) is 14.3. The summed E-state index contributed by atoms with van der Waals surface area (Å²) in [6, 6.07) is 5.43. The Hall–Kier alpha value is -3.35. The second kappa shape index (κ2) is 7.49. The molecule has 0 fully saturated rings. The van der Waals surface area contributed by atoms with E-state index in [0.717, 1.165) is 22.3 Å². The summed E-state index contributed by atoms with van der Waals surface area (Å²) >= 11 is 0. The SMILES string of the molecule is Cc1cn(C=C2C(=O)Nc3ccc(CCC(=O)O)cc32)cc1CCC(=O)O. The zero-order valence-electron chi connectivity index (χ0n) is 14.9. The highest BCUT2D eigenvalue weighted by atomic mass is 16.4. The summed E-state index contributed by atoms with van der Waals surface area (Å²) in [5.41, 5.74) is 4.65. The maximum absolute atomic E-state index is 12.4. The highest BCUT2D eigenvalue weighted by Crippen LogP contribution is 2.33. The predicted molar refractivity (Wildman–Crippen MR) is 100 cm³/mol. The molecule has 0 unspecified atom stereocenters. The standard InChI is InChI=1S/C20H20N2O5/c1-12-9-22(10-14(12)4-7-19(25)26)11-16-15-8-13(3-6-18(23)24)2-5-17(15)21-20(16)27/h2,5,8-11H,3-4,6-7H2,1H3,(H,21,27)(H,23,24)(H,25,26). The fourth-order valence-corrected chi connectivity index (χ4v) is 3.12. The largest absolute Gasteiger partial charge is 0.481 e. The minimum Gasteiger partial charge on any atom is -0.481 e. The van der Waals surface area contributed by atoms with Gasteiger partial charge in [-0.05, 0) is 48.6 Å². The Kier molecular flexibility index (Phi) is 5.12. The summed E-state index contributed by atoms with van der Waals surface area (Å²) in [7, 11) is 0. The Labute approximate surface area is 155 Å². The Morgan fingerprint density at radius 1 is 1.11 bits per heavy atom. The average Bonchev–Trinajstić information content (AvgIpc) is 3.11. The van der Waals surface area contributed by atoms with Crippen LogP contribution in [0.3, 0.4) is 0 Å². The first-order valence-corrected chi connectivity index (χ1v) is 8.60. The number of benzene rings is 1. The van der Waals surface area contributed by atoms with E-state index in [1.54, 1.807) is 16.8 Å². The predicted octanol–water partition coefficient (Wildman–Crippen LogP) is 2.78. The molecule has 3 N–H and O–H groups in total. The van der Waals surface area contributed by atoms with E-state index in [-0.39, 0.29) is 18.7 Å². The van der Waals surface area contributed by atoms with Crippen LogP contribution >= 0.6 is 0 Å². The fourth-order valence-electron chi connectivity index (χ4n) is 3.12. The molecule has 7 nitrogen and oxygen atoms in total. The van der Waals surface area contributed by atoms with E-state index in [4.69, 9.17) is 10.2 Å². The minimum absolute atomic E-state index is 0.0307. The lowest BCUT2D eigenvalue weighted by atomic mass is 10.0. The van der Waals surface area contributed by atoms with Gasteiger partial charge in [-0.1, -0.05) is 6.07 Å². The summed E-state index contributed by atoms with van der Waals surface area (Å²) in [5.74, 6) is -1.94. The van der Waals surface area contributed by atoms with Crippen LogP contribution in [0.2, 0.25) is 0 Å². The van der Waals surface area contributed by atoms with Gasteiger partial charge in [0.1, 0.15) is 0 Å². The zero-order chi connectivity index (χ0) is 19.6. The number of aromatic nitrogens is 1. The van der Waals surface area contributed by atoms with Gasteiger partial charge in [-0.3, -0.25) is 14.4 Å². The highest BCUT2D eigenvalue weighted by Gasteiger charge is 2.24. The molecule has 1 amide bonds. The van der Waals surface area contributed by atoms with Crippen LogP contribution in [0.15, 0.2) is 30.6 Å². The van der Waals surface area contributed by atoms with Crippen molar-refractivity contribution in [2.75, 3.05) is 5.32 Å². The summed E-state index contributed by atoms with van der Waals surface area (Å²) < 4.78 is 1.76. The molecule has 1 aliphatic heterocycles. The first-order chi connectivity index (χ1) is 12.8. The number of hydrogen-bond donors (Lipinski definition) is 3. The van der Waals surface area contributed by atoms with Gasteiger partial charge in [-0.2, -0.15) is 0 Å². The van der Waals surface area contributed by atoms with Crippen molar-refractivity contribution in [3.8, 4) is 0 Å². The minimum atomic E-state index is -0.864. The molecule has 0 radical (unpaired) electrons. The number of carboxylic acid groups (broad SMARTS) is 2. The Balaban J connectivity index is 1.88. The molecular formula is C20H20N2O5. The number of nitrogens with one attached hydrogen (secondary N) is 1. The number of nitrogens with zero attached hydrogens (tertiary/aromatic N) is 1. The first-order valence-electron chi connectivity index (χ1n) is 8.60. The quantitative estimate of drug-likeness (QED) is 0.651. The number of aryl methyl sites for hydroxylation is 3. The molecule has 3 rings (SSSR count). The van der Waals surface area contributed by atoms with Crippen molar-refractivity contribution in [2.24, 2.45) is 0 Å². The third kappa shape index (κ3) is 4.25. The van der Waals surface area contributed by atoms with Gasteiger partial charge in [0, 0.05) is 42.7 Å². The van der Waals surface area contributed by atoms with Gasteiger partial charge >= 0.3 is 11.9 Å². The first kappa shape index (κ1) is 18.4. The number of carbonyl (C=O) groups is 3. The van der Waals surface area contributed by atoms with Gasteiger partial charge in [0.05, 0.1) is 5.57 Å². The zero-order valence-corrected chi connectivity index (χ0v) is 14.9. The van der Waals surface area contributed by atoms with Crippen LogP contribution in [-0.2, 0) is 27.2 Å². The lowest BCUT2D eigenvalue weighted by molar-refractivity contribution is -0.138. The van der Waals surface area contributed by atoms with Gasteiger partial charge in [0.25, 0.3) is 5.91 Å². The van der Waals surface area contributed by atoms with E-state index >= 15 is 0 Å². The van der Waals surface area contributed by atoms with Crippen molar-refractivity contribution in [3.05, 3.63) is 52.8 Å². The van der Waals surface area contributed by atoms with Crippen LogP contribution in [0.5, 0.6) is 0 Å². The lowest BCUT2D eigenvalue weighted by Gasteiger charge is -2.04. The molecule has 27 heavy (non-hydrogen) atoms. The molecule has 2 aromatic rings. The van der Waals surface area contributed by atoms with Crippen LogP contribution < -0.4 is 5.32 Å². The van der Waals surface area contributed by atoms with Crippen molar-refractivity contribution in [1.29, 1.82) is 0 Å². The van der Waals surface area contributed by atoms with Gasteiger partial charge in [0.2, 0.25) is 0 Å². The molecule has 0 atom stereocenters. The van der Waals surface area contributed by atoms with Crippen LogP contribution in [0.25, 0.3) is 11.8 Å². The molecule has 140 valence electrons. The number of aliphatic carboxylic acids is 2. The molecule has 0 bridgehead atoms. The maximum atomic E-state index is 12.4. The van der Waals surface area contributed by atoms with Gasteiger partial charge < -0.3 is 20.1 Å². The van der Waals surface area contributed by atoms with E-state index in [2.05, 4.69) is 5.32 Å². The molecule has 0 saturated carbocycles. The summed E-state index contributed by atoms with van der Waals surface area (Å²) in [6.45, 7) is 1.90. The van der Waals surface area contributed by atoms with E-state index < -0.39 is 11.9 Å². The topological polar surface area (TPSA) is 109 Å². The van der Waals surface area contributed by atoms with Crippen LogP contribution in [-0.4, -0.2) is 32.6 Å². The van der Waals surface area contributed by atoms with Crippen LogP contribution in [0, 0.1) is 6.92 Å². The monoisotopic (exact) mass is 368 g/mol. The number of amides is 1. The number of hydrogen-bond acceptors (Lipinski definition) is 3. The molecule has 1 aromatic carbocycles. The number of carbonyl (C=O) groups excluding carboxylic acids is 1. The van der Waals surface area contributed by atoms with Crippen molar-refractivity contribution in [3.63, 3.8) is 0 Å². The van der Waals surface area contributed by atoms with Gasteiger partial charge in [-0.25, -0.2) is 0 Å². The van der Waals surface area contributed by atoms with E-state index in [9.17, 15) is 14.4 Å². The third-order valence-electron chi connectivity index (χ3n) is 4.54. The molecule has 0 aliphatic carbocycles. The van der Waals surface area contributed by atoms with Crippen molar-refractivity contribution in [1.82, 2.24) is 4.57 Å². The van der Waals surface area contributed by atoms with Gasteiger partial charge in [0.15, 0.2) is 0 Å². The third-order valence-corrected chi connectivity index (χ3v) is 4.54. The average molecular weight is 368 g/mol. The Morgan fingerprint density at radius 2 is 1.81 bits per heavy atom. The molecule has 0 spiro atoms. The molecule has 1 aromatic heterocycles. The summed E-state index contributed by atoms with van der Waals surface area (Å²) in [6.07, 6.45) is 6.29. The van der Waals surface area contributed by atoms with Crippen LogP contribution in [0.4, 0.5) is 5.69 Å². The second-order valence-electron chi connectivity index (χ2n) is 6.58. The van der Waals surface area contributed by atoms with E-state index in [1.807, 2.05) is 31.5 Å². The maximum Gasteiger partial charge on any atom is 0.303 e. The molecular weight excluding hydrogens is 348 g/mol. The number of rotatable bonds is 7. The molecule has 1 aliphatic rings. The van der Waals surface area contributed by atoms with Crippen molar-refractivity contribution >= 4 is 35.3 Å². The Bertz CT molecular complexity index is 955. The lowest BCUT2D eigenvalue weighted by Crippen LogP contribution is -2.04. The number of fused-ring (bicyclic) bond motifs is 1. The summed E-state index contributed by atoms with van der Waals surface area (Å²) in [4.78, 5) is 33.9. The number of carboxylic acids is 2. The smallest absolute Gasteiger partial charge is 0.303 e. The van der Waals surface area contributed by atoms with Gasteiger partial charge in [-0.15, -0.1) is 0 Å². The van der Waals surface area contributed by atoms with Crippen LogP contribution in [0.1, 0.15) is 35.1 Å². The highest BCUT2D eigenvalue weighted by molar-refractivity contribution is 6.34.